The van der Waals surface area contributed by atoms with Crippen molar-refractivity contribution < 1.29 is 12.9 Å². The van der Waals surface area contributed by atoms with E-state index in [2.05, 4.69) is 30.8 Å². The van der Waals surface area contributed by atoms with Gasteiger partial charge in [0.2, 0.25) is 0 Å². The largest absolute Gasteiger partial charge is 0.360 e. The minimum absolute atomic E-state index is 0.0508. The van der Waals surface area contributed by atoms with Crippen LogP contribution >= 0.6 is 15.9 Å². The molecule has 0 aliphatic carbocycles. The summed E-state index contributed by atoms with van der Waals surface area (Å²) in [6, 6.07) is 1.64. The van der Waals surface area contributed by atoms with Crippen molar-refractivity contribution in [2.45, 2.75) is 25.7 Å². The van der Waals surface area contributed by atoms with E-state index in [1.54, 1.807) is 26.1 Å². The Morgan fingerprint density at radius 1 is 1.32 bits per heavy atom. The van der Waals surface area contributed by atoms with Crippen LogP contribution in [0.4, 0.5) is 5.82 Å². The van der Waals surface area contributed by atoms with Gasteiger partial charge in [0.05, 0.1) is 0 Å². The number of hydrogen-bond donors (Lipinski definition) is 1. The maximum absolute atomic E-state index is 12.2. The number of hydrogen-bond acceptors (Lipinski definition) is 5. The molecule has 8 heteroatoms. The predicted molar refractivity (Wildman–Crippen MR) is 73.5 cm³/mol. The molecule has 2 aromatic rings. The van der Waals surface area contributed by atoms with Gasteiger partial charge in [-0.1, -0.05) is 5.16 Å². The Hall–Kier alpha value is -1.41. The molecule has 102 valence electrons. The van der Waals surface area contributed by atoms with Crippen LogP contribution in [-0.2, 0) is 10.0 Å². The number of rotatable bonds is 3. The number of anilines is 1. The number of aryl methyl sites for hydroxylation is 3. The fourth-order valence-corrected chi connectivity index (χ4v) is 3.19. The van der Waals surface area contributed by atoms with Crippen LogP contribution in [0.1, 0.15) is 17.0 Å². The third-order valence-corrected chi connectivity index (χ3v) is 4.95. The van der Waals surface area contributed by atoms with E-state index in [9.17, 15) is 8.42 Å². The normalized spacial score (nSPS) is 11.6. The van der Waals surface area contributed by atoms with Crippen LogP contribution in [0.3, 0.4) is 0 Å². The first-order chi connectivity index (χ1) is 8.81. The summed E-state index contributed by atoms with van der Waals surface area (Å²) in [7, 11) is -3.75. The van der Waals surface area contributed by atoms with Crippen molar-refractivity contribution in [1.29, 1.82) is 0 Å². The second-order valence-corrected chi connectivity index (χ2v) is 6.55. The van der Waals surface area contributed by atoms with Gasteiger partial charge in [0.25, 0.3) is 10.0 Å². The Labute approximate surface area is 119 Å². The van der Waals surface area contributed by atoms with Crippen molar-refractivity contribution in [3.05, 3.63) is 33.8 Å². The molecule has 0 aliphatic rings. The van der Waals surface area contributed by atoms with E-state index in [1.165, 1.54) is 0 Å². The molecule has 0 aliphatic heterocycles. The Kier molecular flexibility index (Phi) is 3.64. The Morgan fingerprint density at radius 2 is 2.00 bits per heavy atom. The molecule has 0 bridgehead atoms. The van der Waals surface area contributed by atoms with Crippen molar-refractivity contribution >= 4 is 31.8 Å². The van der Waals surface area contributed by atoms with Crippen LogP contribution in [0.2, 0.25) is 0 Å². The fraction of sp³-hybridized carbons (Fsp3) is 0.273. The van der Waals surface area contributed by atoms with Gasteiger partial charge in [-0.25, -0.2) is 13.4 Å². The lowest BCUT2D eigenvalue weighted by Crippen LogP contribution is -2.15. The average molecular weight is 346 g/mol. The van der Waals surface area contributed by atoms with E-state index in [-0.39, 0.29) is 16.5 Å². The molecule has 0 saturated carbocycles. The fourth-order valence-electron chi connectivity index (χ4n) is 1.64. The van der Waals surface area contributed by atoms with E-state index >= 15 is 0 Å². The zero-order chi connectivity index (χ0) is 14.2. The zero-order valence-corrected chi connectivity index (χ0v) is 13.0. The molecule has 0 atom stereocenters. The number of aromatic nitrogens is 2. The molecule has 2 aromatic heterocycles. The first-order valence-corrected chi connectivity index (χ1v) is 7.66. The van der Waals surface area contributed by atoms with Crippen LogP contribution in [0.25, 0.3) is 0 Å². The number of nitrogens with zero attached hydrogens (tertiary/aromatic N) is 2. The third-order valence-electron chi connectivity index (χ3n) is 2.52. The molecular formula is C11H12BrN3O3S. The lowest BCUT2D eigenvalue weighted by atomic mass is 10.3. The maximum atomic E-state index is 12.2. The molecule has 19 heavy (non-hydrogen) atoms. The molecule has 0 unspecified atom stereocenters. The van der Waals surface area contributed by atoms with Crippen molar-refractivity contribution in [3.8, 4) is 0 Å². The second kappa shape index (κ2) is 4.93. The van der Waals surface area contributed by atoms with Crippen LogP contribution < -0.4 is 4.72 Å². The quantitative estimate of drug-likeness (QED) is 0.923. The molecular weight excluding hydrogens is 334 g/mol. The summed E-state index contributed by atoms with van der Waals surface area (Å²) >= 11 is 3.31. The van der Waals surface area contributed by atoms with Crippen molar-refractivity contribution in [2.24, 2.45) is 0 Å². The van der Waals surface area contributed by atoms with Crippen LogP contribution in [-0.4, -0.2) is 18.6 Å². The van der Waals surface area contributed by atoms with Gasteiger partial charge in [0, 0.05) is 10.7 Å². The number of nitrogens with one attached hydrogen (secondary N) is 1. The van der Waals surface area contributed by atoms with Gasteiger partial charge in [0.15, 0.2) is 10.7 Å². The summed E-state index contributed by atoms with van der Waals surface area (Å²) in [5, 5.41) is 3.63. The molecule has 0 fully saturated rings. The lowest BCUT2D eigenvalue weighted by molar-refractivity contribution is 0.390. The minimum atomic E-state index is -3.75. The van der Waals surface area contributed by atoms with Crippen molar-refractivity contribution in [3.63, 3.8) is 0 Å². The van der Waals surface area contributed by atoms with Gasteiger partial charge in [-0.3, -0.25) is 4.72 Å². The highest BCUT2D eigenvalue weighted by Crippen LogP contribution is 2.23. The first kappa shape index (κ1) is 14.0. The summed E-state index contributed by atoms with van der Waals surface area (Å²) < 4.78 is 32.6. The Morgan fingerprint density at radius 3 is 2.53 bits per heavy atom. The lowest BCUT2D eigenvalue weighted by Gasteiger charge is -2.07. The first-order valence-electron chi connectivity index (χ1n) is 5.39. The van der Waals surface area contributed by atoms with Crippen molar-refractivity contribution in [2.75, 3.05) is 4.72 Å². The molecule has 6 nitrogen and oxygen atoms in total. The molecule has 2 rings (SSSR count). The summed E-state index contributed by atoms with van der Waals surface area (Å²) in [5.74, 6) is 0.500. The van der Waals surface area contributed by atoms with Crippen LogP contribution in [0.5, 0.6) is 0 Å². The highest BCUT2D eigenvalue weighted by atomic mass is 79.9. The maximum Gasteiger partial charge on any atom is 0.268 e. The average Bonchev–Trinajstić information content (AvgIpc) is 2.64. The number of sulfonamides is 1. The minimum Gasteiger partial charge on any atom is -0.360 e. The SMILES string of the molecule is Cc1cc(NS(=O)(=O)c2c(C)noc2C)ncc1Br. The summed E-state index contributed by atoms with van der Waals surface area (Å²) in [4.78, 5) is 4.06. The molecule has 0 aromatic carbocycles. The Balaban J connectivity index is 2.39. The van der Waals surface area contributed by atoms with E-state index in [4.69, 9.17) is 4.52 Å². The van der Waals surface area contributed by atoms with Gasteiger partial charge in [-0.2, -0.15) is 0 Å². The van der Waals surface area contributed by atoms with Gasteiger partial charge in [-0.05, 0) is 48.3 Å². The molecule has 1 N–H and O–H groups in total. The summed E-state index contributed by atoms with van der Waals surface area (Å²) in [6.45, 7) is 4.97. The summed E-state index contributed by atoms with van der Waals surface area (Å²) in [6.07, 6.45) is 1.54. The van der Waals surface area contributed by atoms with Gasteiger partial charge in [0.1, 0.15) is 11.5 Å². The number of halogens is 1. The standard InChI is InChI=1S/C11H12BrN3O3S/c1-6-4-10(13-5-9(6)12)15-19(16,17)11-7(2)14-18-8(11)3/h4-5H,1-3H3,(H,13,15). The molecule has 0 saturated heterocycles. The third kappa shape index (κ3) is 2.79. The zero-order valence-electron chi connectivity index (χ0n) is 10.6. The summed E-state index contributed by atoms with van der Waals surface area (Å²) in [5.41, 5.74) is 1.20. The van der Waals surface area contributed by atoms with E-state index < -0.39 is 10.0 Å². The van der Waals surface area contributed by atoms with Gasteiger partial charge < -0.3 is 4.52 Å². The second-order valence-electron chi connectivity index (χ2n) is 4.08. The van der Waals surface area contributed by atoms with E-state index in [1.807, 2.05) is 6.92 Å². The highest BCUT2D eigenvalue weighted by Gasteiger charge is 2.24. The molecule has 0 spiro atoms. The monoisotopic (exact) mass is 345 g/mol. The van der Waals surface area contributed by atoms with Crippen molar-refractivity contribution in [1.82, 2.24) is 10.1 Å². The van der Waals surface area contributed by atoms with Gasteiger partial charge in [-0.15, -0.1) is 0 Å². The highest BCUT2D eigenvalue weighted by molar-refractivity contribution is 9.10. The van der Waals surface area contributed by atoms with Crippen LogP contribution in [0.15, 0.2) is 26.2 Å². The predicted octanol–water partition coefficient (Wildman–Crippen LogP) is 2.56. The smallest absolute Gasteiger partial charge is 0.268 e. The number of pyridine rings is 1. The van der Waals surface area contributed by atoms with Crippen LogP contribution in [0, 0.1) is 20.8 Å². The molecule has 0 radical (unpaired) electrons. The van der Waals surface area contributed by atoms with E-state index in [0.717, 1.165) is 10.0 Å². The van der Waals surface area contributed by atoms with E-state index in [0.29, 0.717) is 5.69 Å². The molecule has 0 amide bonds. The van der Waals surface area contributed by atoms with Gasteiger partial charge >= 0.3 is 0 Å². The Bertz CT molecular complexity index is 705. The topological polar surface area (TPSA) is 85.1 Å². The molecule has 2 heterocycles.